The van der Waals surface area contributed by atoms with Crippen molar-refractivity contribution in [1.29, 1.82) is 0 Å². The smallest absolute Gasteiger partial charge is 0.410 e. The predicted octanol–water partition coefficient (Wildman–Crippen LogP) is 4.07. The average molecular weight is 255 g/mol. The van der Waals surface area contributed by atoms with Crippen molar-refractivity contribution >= 4 is 6.09 Å². The van der Waals surface area contributed by atoms with Crippen LogP contribution < -0.4 is 0 Å². The maximum absolute atomic E-state index is 12.1. The van der Waals surface area contributed by atoms with Crippen molar-refractivity contribution in [3.63, 3.8) is 0 Å². The molecule has 0 saturated carbocycles. The Balaban J connectivity index is 2.61. The Morgan fingerprint density at radius 2 is 2.06 bits per heavy atom. The lowest BCUT2D eigenvalue weighted by Crippen LogP contribution is -2.40. The molecule has 1 aliphatic heterocycles. The largest absolute Gasteiger partial charge is 0.444 e. The molecule has 1 rings (SSSR count). The van der Waals surface area contributed by atoms with Gasteiger partial charge in [-0.15, -0.1) is 0 Å². The fraction of sp³-hybridized carbons (Fsp3) is 0.933. The van der Waals surface area contributed by atoms with E-state index in [-0.39, 0.29) is 6.09 Å². The van der Waals surface area contributed by atoms with Crippen LogP contribution in [-0.4, -0.2) is 29.7 Å². The highest BCUT2D eigenvalue weighted by Gasteiger charge is 2.28. The first kappa shape index (κ1) is 15.3. The monoisotopic (exact) mass is 255 g/mol. The van der Waals surface area contributed by atoms with Crippen LogP contribution in [0.4, 0.5) is 4.79 Å². The van der Waals surface area contributed by atoms with Crippen molar-refractivity contribution in [3.8, 4) is 0 Å². The molecule has 0 spiro atoms. The average Bonchev–Trinajstić information content (AvgIpc) is 2.51. The number of amides is 1. The van der Waals surface area contributed by atoms with E-state index < -0.39 is 5.60 Å². The summed E-state index contributed by atoms with van der Waals surface area (Å²) in [4.78, 5) is 14.0. The minimum Gasteiger partial charge on any atom is -0.444 e. The van der Waals surface area contributed by atoms with E-state index in [0.29, 0.717) is 11.8 Å². The highest BCUT2D eigenvalue weighted by Crippen LogP contribution is 2.26. The Morgan fingerprint density at radius 3 is 2.61 bits per heavy atom. The van der Waals surface area contributed by atoms with E-state index in [1.54, 1.807) is 0 Å². The molecule has 1 fully saturated rings. The SMILES string of the molecule is CCC(C)C1CCCCN(C(=O)OC(C)(C)C)C1. The van der Waals surface area contributed by atoms with Crippen LogP contribution in [0.2, 0.25) is 0 Å². The van der Waals surface area contributed by atoms with E-state index in [9.17, 15) is 4.79 Å². The van der Waals surface area contributed by atoms with Crippen LogP contribution in [0.15, 0.2) is 0 Å². The van der Waals surface area contributed by atoms with E-state index in [0.717, 1.165) is 19.5 Å². The molecule has 0 aromatic rings. The first-order chi connectivity index (χ1) is 8.33. The molecule has 0 aromatic heterocycles. The third-order valence-electron chi connectivity index (χ3n) is 3.81. The molecule has 1 saturated heterocycles. The first-order valence-electron chi connectivity index (χ1n) is 7.31. The summed E-state index contributed by atoms with van der Waals surface area (Å²) in [5.41, 5.74) is -0.394. The Morgan fingerprint density at radius 1 is 1.39 bits per heavy atom. The number of ether oxygens (including phenoxy) is 1. The zero-order chi connectivity index (χ0) is 13.8. The normalized spacial score (nSPS) is 23.4. The third-order valence-corrected chi connectivity index (χ3v) is 3.81. The van der Waals surface area contributed by atoms with Crippen molar-refractivity contribution in [2.24, 2.45) is 11.8 Å². The summed E-state index contributed by atoms with van der Waals surface area (Å²) < 4.78 is 5.48. The fourth-order valence-electron chi connectivity index (χ4n) is 2.46. The van der Waals surface area contributed by atoms with Crippen LogP contribution in [0.25, 0.3) is 0 Å². The summed E-state index contributed by atoms with van der Waals surface area (Å²) in [5.74, 6) is 1.32. The van der Waals surface area contributed by atoms with Gasteiger partial charge in [0, 0.05) is 13.1 Å². The van der Waals surface area contributed by atoms with Crippen LogP contribution in [0, 0.1) is 11.8 Å². The van der Waals surface area contributed by atoms with Crippen LogP contribution in [0.3, 0.4) is 0 Å². The van der Waals surface area contributed by atoms with Crippen molar-refractivity contribution in [2.75, 3.05) is 13.1 Å². The summed E-state index contributed by atoms with van der Waals surface area (Å²) in [6.07, 6.45) is 4.62. The zero-order valence-electron chi connectivity index (χ0n) is 12.7. The Hall–Kier alpha value is -0.730. The molecular formula is C15H29NO2. The van der Waals surface area contributed by atoms with Crippen LogP contribution >= 0.6 is 0 Å². The van der Waals surface area contributed by atoms with Crippen molar-refractivity contribution in [3.05, 3.63) is 0 Å². The lowest BCUT2D eigenvalue weighted by molar-refractivity contribution is 0.0220. The van der Waals surface area contributed by atoms with Gasteiger partial charge in [0.05, 0.1) is 0 Å². The molecular weight excluding hydrogens is 226 g/mol. The van der Waals surface area contributed by atoms with Gasteiger partial charge in [0.1, 0.15) is 5.60 Å². The third kappa shape index (κ3) is 4.87. The van der Waals surface area contributed by atoms with Crippen molar-refractivity contribution in [2.45, 2.75) is 65.9 Å². The first-order valence-corrected chi connectivity index (χ1v) is 7.31. The van der Waals surface area contributed by atoms with Crippen LogP contribution in [0.5, 0.6) is 0 Å². The second kappa shape index (κ2) is 6.44. The van der Waals surface area contributed by atoms with Gasteiger partial charge in [0.2, 0.25) is 0 Å². The topological polar surface area (TPSA) is 29.5 Å². The van der Waals surface area contributed by atoms with Crippen molar-refractivity contribution < 1.29 is 9.53 Å². The van der Waals surface area contributed by atoms with Crippen LogP contribution in [0.1, 0.15) is 60.3 Å². The molecule has 0 bridgehead atoms. The zero-order valence-corrected chi connectivity index (χ0v) is 12.7. The summed E-state index contributed by atoms with van der Waals surface area (Å²) in [6, 6.07) is 0. The molecule has 1 heterocycles. The highest BCUT2D eigenvalue weighted by molar-refractivity contribution is 5.68. The molecule has 0 aliphatic carbocycles. The number of hydrogen-bond acceptors (Lipinski definition) is 2. The number of rotatable bonds is 2. The molecule has 3 nitrogen and oxygen atoms in total. The Labute approximate surface area is 112 Å². The van der Waals surface area contributed by atoms with E-state index in [2.05, 4.69) is 13.8 Å². The second-order valence-corrected chi connectivity index (χ2v) is 6.57. The number of likely N-dealkylation sites (tertiary alicyclic amines) is 1. The summed E-state index contributed by atoms with van der Waals surface area (Å²) in [5, 5.41) is 0. The molecule has 2 unspecified atom stereocenters. The maximum Gasteiger partial charge on any atom is 0.410 e. The van der Waals surface area contributed by atoms with Gasteiger partial charge in [-0.25, -0.2) is 4.79 Å². The lowest BCUT2D eigenvalue weighted by Gasteiger charge is -2.30. The van der Waals surface area contributed by atoms with Gasteiger partial charge < -0.3 is 9.64 Å². The summed E-state index contributed by atoms with van der Waals surface area (Å²) in [7, 11) is 0. The number of carbonyl (C=O) groups is 1. The van der Waals surface area contributed by atoms with Gasteiger partial charge >= 0.3 is 6.09 Å². The van der Waals surface area contributed by atoms with Crippen LogP contribution in [-0.2, 0) is 4.74 Å². The standard InChI is InChI=1S/C15H29NO2/c1-6-12(2)13-9-7-8-10-16(11-13)14(17)18-15(3,4)5/h12-13H,6-11H2,1-5H3. The molecule has 0 aromatic carbocycles. The molecule has 3 heteroatoms. The second-order valence-electron chi connectivity index (χ2n) is 6.57. The van der Waals surface area contributed by atoms with E-state index in [4.69, 9.17) is 4.74 Å². The van der Waals surface area contributed by atoms with Gasteiger partial charge in [-0.05, 0) is 45.4 Å². The van der Waals surface area contributed by atoms with Crippen molar-refractivity contribution in [1.82, 2.24) is 4.90 Å². The molecule has 18 heavy (non-hydrogen) atoms. The van der Waals surface area contributed by atoms with Gasteiger partial charge in [0.25, 0.3) is 0 Å². The minimum atomic E-state index is -0.394. The van der Waals surface area contributed by atoms with E-state index >= 15 is 0 Å². The quantitative estimate of drug-likeness (QED) is 0.744. The van der Waals surface area contributed by atoms with Gasteiger partial charge in [-0.1, -0.05) is 26.7 Å². The van der Waals surface area contributed by atoms with Gasteiger partial charge in [-0.3, -0.25) is 0 Å². The molecule has 106 valence electrons. The van der Waals surface area contributed by atoms with E-state index in [1.165, 1.54) is 19.3 Å². The molecule has 0 radical (unpaired) electrons. The lowest BCUT2D eigenvalue weighted by atomic mass is 9.88. The minimum absolute atomic E-state index is 0.141. The van der Waals surface area contributed by atoms with Gasteiger partial charge in [0.15, 0.2) is 0 Å². The molecule has 0 N–H and O–H groups in total. The molecule has 2 atom stereocenters. The van der Waals surface area contributed by atoms with E-state index in [1.807, 2.05) is 25.7 Å². The Kier molecular flexibility index (Phi) is 5.48. The number of hydrogen-bond donors (Lipinski definition) is 0. The van der Waals surface area contributed by atoms with Gasteiger partial charge in [-0.2, -0.15) is 0 Å². The summed E-state index contributed by atoms with van der Waals surface area (Å²) in [6.45, 7) is 12.0. The summed E-state index contributed by atoms with van der Waals surface area (Å²) >= 11 is 0. The molecule has 1 aliphatic rings. The highest BCUT2D eigenvalue weighted by atomic mass is 16.6. The number of carbonyl (C=O) groups excluding carboxylic acids is 1. The predicted molar refractivity (Wildman–Crippen MR) is 74.6 cm³/mol. The number of nitrogens with zero attached hydrogens (tertiary/aromatic N) is 1. The Bertz CT molecular complexity index is 270. The molecule has 1 amide bonds. The fourth-order valence-corrected chi connectivity index (χ4v) is 2.46. The maximum atomic E-state index is 12.1.